The average molecular weight is 278 g/mol. The normalized spacial score (nSPS) is 12.7. The molecule has 102 valence electrons. The number of benzene rings is 1. The quantitative estimate of drug-likeness (QED) is 0.531. The van der Waals surface area contributed by atoms with Crippen LogP contribution in [-0.2, 0) is 6.54 Å². The molecular weight excluding hydrogens is 271 g/mol. The second kappa shape index (κ2) is 4.96. The van der Waals surface area contributed by atoms with E-state index in [0.29, 0.717) is 0 Å². The van der Waals surface area contributed by atoms with Gasteiger partial charge in [0.15, 0.2) is 23.3 Å². The van der Waals surface area contributed by atoms with Crippen LogP contribution in [0.1, 0.15) is 11.7 Å². The predicted molar refractivity (Wildman–Crippen MR) is 53.4 cm³/mol. The van der Waals surface area contributed by atoms with Crippen molar-refractivity contribution in [3.8, 4) is 0 Å². The molecule has 0 aliphatic carbocycles. The van der Waals surface area contributed by atoms with Crippen LogP contribution < -0.4 is 0 Å². The number of aromatic nitrogens is 2. The molecule has 3 nitrogen and oxygen atoms in total. The summed E-state index contributed by atoms with van der Waals surface area (Å²) in [4.78, 5) is 0. The number of aliphatic hydroxyl groups is 1. The summed E-state index contributed by atoms with van der Waals surface area (Å²) in [5.74, 6) is -10.5. The first-order valence-electron chi connectivity index (χ1n) is 5.10. The fourth-order valence-corrected chi connectivity index (χ4v) is 1.59. The van der Waals surface area contributed by atoms with Gasteiger partial charge in [0.1, 0.15) is 6.10 Å². The molecule has 0 saturated carbocycles. The second-order valence-electron chi connectivity index (χ2n) is 3.73. The molecule has 0 fully saturated rings. The van der Waals surface area contributed by atoms with Crippen LogP contribution in [0.2, 0.25) is 0 Å². The molecule has 1 heterocycles. The van der Waals surface area contributed by atoms with Crippen molar-refractivity contribution in [2.45, 2.75) is 12.6 Å². The molecule has 0 unspecified atom stereocenters. The number of hydrogen-bond acceptors (Lipinski definition) is 2. The summed E-state index contributed by atoms with van der Waals surface area (Å²) in [6, 6.07) is 1.48. The van der Waals surface area contributed by atoms with Gasteiger partial charge in [-0.25, -0.2) is 22.0 Å². The van der Waals surface area contributed by atoms with Gasteiger partial charge in [-0.05, 0) is 6.07 Å². The zero-order chi connectivity index (χ0) is 14.2. The van der Waals surface area contributed by atoms with Crippen LogP contribution in [0.4, 0.5) is 22.0 Å². The van der Waals surface area contributed by atoms with Crippen LogP contribution >= 0.6 is 0 Å². The number of aliphatic hydroxyl groups excluding tert-OH is 1. The van der Waals surface area contributed by atoms with Gasteiger partial charge in [0.25, 0.3) is 0 Å². The Morgan fingerprint density at radius 3 is 2.00 bits per heavy atom. The third-order valence-corrected chi connectivity index (χ3v) is 2.50. The van der Waals surface area contributed by atoms with Crippen molar-refractivity contribution in [3.63, 3.8) is 0 Å². The Morgan fingerprint density at radius 1 is 1.00 bits per heavy atom. The summed E-state index contributed by atoms with van der Waals surface area (Å²) in [5.41, 5.74) is -1.27. The van der Waals surface area contributed by atoms with Gasteiger partial charge in [0.05, 0.1) is 12.1 Å². The number of nitrogens with zero attached hydrogens (tertiary/aromatic N) is 2. The van der Waals surface area contributed by atoms with Crippen molar-refractivity contribution < 1.29 is 27.1 Å². The minimum Gasteiger partial charge on any atom is -0.386 e. The van der Waals surface area contributed by atoms with Crippen molar-refractivity contribution >= 4 is 0 Å². The lowest BCUT2D eigenvalue weighted by molar-refractivity contribution is 0.139. The molecule has 0 aliphatic heterocycles. The number of hydrogen-bond donors (Lipinski definition) is 1. The molecule has 0 radical (unpaired) electrons. The summed E-state index contributed by atoms with van der Waals surface area (Å²) in [6.45, 7) is -0.439. The maximum atomic E-state index is 13.4. The van der Waals surface area contributed by atoms with E-state index in [1.54, 1.807) is 0 Å². The van der Waals surface area contributed by atoms with Crippen molar-refractivity contribution in [2.75, 3.05) is 0 Å². The lowest BCUT2D eigenvalue weighted by Crippen LogP contribution is -2.16. The lowest BCUT2D eigenvalue weighted by atomic mass is 10.1. The van der Waals surface area contributed by atoms with Gasteiger partial charge < -0.3 is 5.11 Å². The molecular formula is C11H7F5N2O. The Morgan fingerprint density at radius 2 is 1.53 bits per heavy atom. The maximum absolute atomic E-state index is 13.4. The van der Waals surface area contributed by atoms with E-state index < -0.39 is 47.3 Å². The van der Waals surface area contributed by atoms with Gasteiger partial charge in [-0.15, -0.1) is 0 Å². The van der Waals surface area contributed by atoms with Crippen LogP contribution in [-0.4, -0.2) is 14.9 Å². The Labute approximate surface area is 103 Å². The second-order valence-corrected chi connectivity index (χ2v) is 3.73. The van der Waals surface area contributed by atoms with E-state index in [1.807, 2.05) is 0 Å². The molecule has 19 heavy (non-hydrogen) atoms. The zero-order valence-electron chi connectivity index (χ0n) is 9.25. The highest BCUT2D eigenvalue weighted by Gasteiger charge is 2.29. The molecule has 0 spiro atoms. The summed E-state index contributed by atoms with van der Waals surface area (Å²) in [6.07, 6.45) is 0.796. The van der Waals surface area contributed by atoms with E-state index in [0.717, 1.165) is 4.68 Å². The van der Waals surface area contributed by atoms with Crippen LogP contribution in [0.3, 0.4) is 0 Å². The van der Waals surface area contributed by atoms with E-state index in [4.69, 9.17) is 0 Å². The molecule has 8 heteroatoms. The molecule has 1 aromatic carbocycles. The molecule has 0 amide bonds. The standard InChI is InChI=1S/C11H7F5N2O/c12-7-6(5(19)4-18-3-1-2-17-18)8(13)10(15)11(16)9(7)14/h1-3,5,19H,4H2/t5-/m0/s1. The van der Waals surface area contributed by atoms with Crippen LogP contribution in [0, 0.1) is 29.1 Å². The van der Waals surface area contributed by atoms with Crippen molar-refractivity contribution in [2.24, 2.45) is 0 Å². The largest absolute Gasteiger partial charge is 0.386 e. The van der Waals surface area contributed by atoms with Crippen LogP contribution in [0.5, 0.6) is 0 Å². The minimum absolute atomic E-state index is 0.439. The molecule has 1 N–H and O–H groups in total. The molecule has 1 atom stereocenters. The van der Waals surface area contributed by atoms with Crippen LogP contribution in [0.15, 0.2) is 18.5 Å². The highest BCUT2D eigenvalue weighted by molar-refractivity contribution is 5.26. The first kappa shape index (κ1) is 13.5. The monoisotopic (exact) mass is 278 g/mol. The van der Waals surface area contributed by atoms with Crippen LogP contribution in [0.25, 0.3) is 0 Å². The van der Waals surface area contributed by atoms with Gasteiger partial charge in [-0.1, -0.05) is 0 Å². The van der Waals surface area contributed by atoms with E-state index in [9.17, 15) is 27.1 Å². The predicted octanol–water partition coefficient (Wildman–Crippen LogP) is 2.31. The summed E-state index contributed by atoms with van der Waals surface area (Å²) >= 11 is 0. The van der Waals surface area contributed by atoms with Gasteiger partial charge in [-0.3, -0.25) is 4.68 Å². The van der Waals surface area contributed by atoms with E-state index in [2.05, 4.69) is 5.10 Å². The molecule has 0 aliphatic rings. The summed E-state index contributed by atoms with van der Waals surface area (Å²) < 4.78 is 66.5. The smallest absolute Gasteiger partial charge is 0.200 e. The fraction of sp³-hybridized carbons (Fsp3) is 0.182. The molecule has 1 aromatic heterocycles. The first-order chi connectivity index (χ1) is 8.93. The van der Waals surface area contributed by atoms with E-state index >= 15 is 0 Å². The third-order valence-electron chi connectivity index (χ3n) is 2.50. The fourth-order valence-electron chi connectivity index (χ4n) is 1.59. The Bertz CT molecular complexity index is 571. The lowest BCUT2D eigenvalue weighted by Gasteiger charge is -2.14. The van der Waals surface area contributed by atoms with E-state index in [-0.39, 0.29) is 0 Å². The topological polar surface area (TPSA) is 38.0 Å². The first-order valence-corrected chi connectivity index (χ1v) is 5.10. The van der Waals surface area contributed by atoms with E-state index in [1.165, 1.54) is 18.5 Å². The molecule has 2 rings (SSSR count). The van der Waals surface area contributed by atoms with Gasteiger partial charge in [0, 0.05) is 12.4 Å². The highest BCUT2D eigenvalue weighted by atomic mass is 19.2. The van der Waals surface area contributed by atoms with Gasteiger partial charge in [-0.2, -0.15) is 5.10 Å². The maximum Gasteiger partial charge on any atom is 0.200 e. The SMILES string of the molecule is O[C@@H](Cn1cccn1)c1c(F)c(F)c(F)c(F)c1F. The molecule has 0 saturated heterocycles. The van der Waals surface area contributed by atoms with Crippen molar-refractivity contribution in [1.82, 2.24) is 9.78 Å². The number of rotatable bonds is 3. The minimum atomic E-state index is -2.26. The highest BCUT2D eigenvalue weighted by Crippen LogP contribution is 2.28. The Hall–Kier alpha value is -1.96. The number of halogens is 5. The van der Waals surface area contributed by atoms with Crippen molar-refractivity contribution in [1.29, 1.82) is 0 Å². The third kappa shape index (κ3) is 2.30. The average Bonchev–Trinajstić information content (AvgIpc) is 2.87. The Balaban J connectivity index is 2.44. The molecule has 2 aromatic rings. The molecule has 0 bridgehead atoms. The van der Waals surface area contributed by atoms with Gasteiger partial charge >= 0.3 is 0 Å². The Kier molecular flexibility index (Phi) is 3.52. The summed E-state index contributed by atoms with van der Waals surface area (Å²) in [7, 11) is 0. The zero-order valence-corrected chi connectivity index (χ0v) is 9.25. The summed E-state index contributed by atoms with van der Waals surface area (Å²) in [5, 5.41) is 13.3. The van der Waals surface area contributed by atoms with Crippen molar-refractivity contribution in [3.05, 3.63) is 53.1 Å². The van der Waals surface area contributed by atoms with Gasteiger partial charge in [0.2, 0.25) is 5.82 Å².